The van der Waals surface area contributed by atoms with Gasteiger partial charge in [-0.25, -0.2) is 4.79 Å². The molecule has 0 aliphatic carbocycles. The van der Waals surface area contributed by atoms with Crippen molar-refractivity contribution >= 4 is 6.03 Å². The molecule has 70 valence electrons. The number of hydroxylamine groups is 2. The molecule has 0 radical (unpaired) electrons. The second-order valence-corrected chi connectivity index (χ2v) is 1.86. The number of aliphatic hydroxyl groups is 2. The Bertz CT molecular complexity index is 173. The van der Waals surface area contributed by atoms with Gasteiger partial charge in [0.05, 0.1) is 13.2 Å². The SMILES string of the molecule is O=C(NC=C(CO)CO)N(O)O. The summed E-state index contributed by atoms with van der Waals surface area (Å²) in [6, 6.07) is -1.19. The van der Waals surface area contributed by atoms with Gasteiger partial charge in [0.25, 0.3) is 0 Å². The summed E-state index contributed by atoms with van der Waals surface area (Å²) < 4.78 is 0. The maximum Gasteiger partial charge on any atom is 0.370 e. The molecule has 12 heavy (non-hydrogen) atoms. The normalized spacial score (nSPS) is 9.00. The van der Waals surface area contributed by atoms with Gasteiger partial charge in [-0.3, -0.25) is 10.4 Å². The third-order valence-electron chi connectivity index (χ3n) is 0.988. The second-order valence-electron chi connectivity index (χ2n) is 1.86. The molecule has 2 amide bonds. The third kappa shape index (κ3) is 3.88. The topological polar surface area (TPSA) is 113 Å². The van der Waals surface area contributed by atoms with E-state index in [0.29, 0.717) is 0 Å². The molecule has 0 unspecified atom stereocenters. The Labute approximate surface area is 68.1 Å². The van der Waals surface area contributed by atoms with Gasteiger partial charge in [-0.15, -0.1) is 0 Å². The molecule has 5 N–H and O–H groups in total. The van der Waals surface area contributed by atoms with E-state index in [1.807, 2.05) is 5.32 Å². The fraction of sp³-hybridized carbons (Fsp3) is 0.400. The molecule has 7 heteroatoms. The van der Waals surface area contributed by atoms with Gasteiger partial charge in [0.2, 0.25) is 0 Å². The van der Waals surface area contributed by atoms with Crippen LogP contribution in [-0.4, -0.2) is 45.1 Å². The van der Waals surface area contributed by atoms with Crippen molar-refractivity contribution in [2.75, 3.05) is 13.2 Å². The molecule has 0 spiro atoms. The number of hydrogen-bond acceptors (Lipinski definition) is 5. The first-order chi connectivity index (χ1) is 5.61. The van der Waals surface area contributed by atoms with Crippen LogP contribution in [0.15, 0.2) is 11.8 Å². The summed E-state index contributed by atoms with van der Waals surface area (Å²) in [5.74, 6) is 0. The molecular formula is C5H10N2O5. The molecule has 0 aromatic rings. The summed E-state index contributed by atoms with van der Waals surface area (Å²) in [6.07, 6.45) is 0.974. The first-order valence-electron chi connectivity index (χ1n) is 2.99. The Hall–Kier alpha value is -1.15. The summed E-state index contributed by atoms with van der Waals surface area (Å²) in [5.41, 5.74) is 0.144. The molecule has 0 aromatic heterocycles. The van der Waals surface area contributed by atoms with Crippen LogP contribution in [0.1, 0.15) is 0 Å². The van der Waals surface area contributed by atoms with E-state index < -0.39 is 24.5 Å². The average molecular weight is 178 g/mol. The summed E-state index contributed by atoms with van der Waals surface area (Å²) in [7, 11) is 0. The van der Waals surface area contributed by atoms with Gasteiger partial charge in [-0.05, 0) is 5.57 Å². The van der Waals surface area contributed by atoms with Gasteiger partial charge in [0.1, 0.15) is 0 Å². The summed E-state index contributed by atoms with van der Waals surface area (Å²) >= 11 is 0. The van der Waals surface area contributed by atoms with Crippen molar-refractivity contribution in [2.45, 2.75) is 0 Å². The number of nitrogens with one attached hydrogen (secondary N) is 1. The second kappa shape index (κ2) is 5.49. The first kappa shape index (κ1) is 10.8. The Morgan fingerprint density at radius 1 is 1.33 bits per heavy atom. The van der Waals surface area contributed by atoms with Gasteiger partial charge >= 0.3 is 6.03 Å². The number of aliphatic hydroxyl groups excluding tert-OH is 2. The Morgan fingerprint density at radius 3 is 2.17 bits per heavy atom. The number of amides is 2. The van der Waals surface area contributed by atoms with Crippen LogP contribution >= 0.6 is 0 Å². The maximum atomic E-state index is 10.4. The molecule has 0 aliphatic heterocycles. The van der Waals surface area contributed by atoms with Crippen LogP contribution in [-0.2, 0) is 0 Å². The predicted octanol–water partition coefficient (Wildman–Crippen LogP) is -1.36. The largest absolute Gasteiger partial charge is 0.392 e. The highest BCUT2D eigenvalue weighted by Gasteiger charge is 2.04. The van der Waals surface area contributed by atoms with E-state index in [2.05, 4.69) is 0 Å². The molecule has 0 saturated heterocycles. The minimum atomic E-state index is -1.19. The monoisotopic (exact) mass is 178 g/mol. The molecule has 0 saturated carbocycles. The van der Waals surface area contributed by atoms with Gasteiger partial charge in [0, 0.05) is 6.20 Å². The number of urea groups is 1. The van der Waals surface area contributed by atoms with Crippen molar-refractivity contribution in [1.29, 1.82) is 0 Å². The Balaban J connectivity index is 3.93. The fourth-order valence-corrected chi connectivity index (χ4v) is 0.363. The minimum Gasteiger partial charge on any atom is -0.392 e. The molecule has 0 aliphatic rings. The fourth-order valence-electron chi connectivity index (χ4n) is 0.363. The molecule has 0 aromatic carbocycles. The average Bonchev–Trinajstić information content (AvgIpc) is 2.05. The summed E-state index contributed by atoms with van der Waals surface area (Å²) in [5, 5.41) is 34.4. The predicted molar refractivity (Wildman–Crippen MR) is 36.2 cm³/mol. The van der Waals surface area contributed by atoms with Crippen molar-refractivity contribution < 1.29 is 25.4 Å². The summed E-state index contributed by atoms with van der Waals surface area (Å²) in [6.45, 7) is -0.846. The van der Waals surface area contributed by atoms with Crippen LogP contribution in [0.2, 0.25) is 0 Å². The van der Waals surface area contributed by atoms with Gasteiger partial charge in [-0.2, -0.15) is 0 Å². The van der Waals surface area contributed by atoms with Crippen molar-refractivity contribution in [3.05, 3.63) is 11.8 Å². The van der Waals surface area contributed by atoms with Crippen molar-refractivity contribution in [2.24, 2.45) is 0 Å². The molecule has 0 heterocycles. The zero-order valence-corrected chi connectivity index (χ0v) is 6.14. The van der Waals surface area contributed by atoms with E-state index >= 15 is 0 Å². The standard InChI is InChI=1S/C5H10N2O5/c8-2-4(3-9)1-6-5(10)7(11)12/h1,8-9,11-12H,2-3H2,(H,6,10). The van der Waals surface area contributed by atoms with Crippen LogP contribution in [0.25, 0.3) is 0 Å². The van der Waals surface area contributed by atoms with Crippen LogP contribution in [0.4, 0.5) is 4.79 Å². The number of hydrogen-bond donors (Lipinski definition) is 5. The highest BCUT2D eigenvalue weighted by molar-refractivity contribution is 5.72. The Morgan fingerprint density at radius 2 is 1.83 bits per heavy atom. The van der Waals surface area contributed by atoms with E-state index in [1.54, 1.807) is 0 Å². The third-order valence-corrected chi connectivity index (χ3v) is 0.988. The van der Waals surface area contributed by atoms with E-state index in [4.69, 9.17) is 20.6 Å². The van der Waals surface area contributed by atoms with Crippen molar-refractivity contribution in [3.63, 3.8) is 0 Å². The van der Waals surface area contributed by atoms with Crippen molar-refractivity contribution in [1.82, 2.24) is 10.5 Å². The number of rotatable bonds is 3. The smallest absolute Gasteiger partial charge is 0.370 e. The zero-order valence-electron chi connectivity index (χ0n) is 6.14. The van der Waals surface area contributed by atoms with E-state index in [0.717, 1.165) is 6.20 Å². The van der Waals surface area contributed by atoms with Gasteiger partial charge in [0.15, 0.2) is 0 Å². The van der Waals surface area contributed by atoms with E-state index in [1.165, 1.54) is 0 Å². The summed E-state index contributed by atoms with van der Waals surface area (Å²) in [4.78, 5) is 10.4. The number of carbonyl (C=O) groups excluding carboxylic acids is 1. The zero-order chi connectivity index (χ0) is 9.56. The van der Waals surface area contributed by atoms with Crippen LogP contribution in [0, 0.1) is 0 Å². The first-order valence-corrected chi connectivity index (χ1v) is 2.99. The lowest BCUT2D eigenvalue weighted by molar-refractivity contribution is -0.257. The van der Waals surface area contributed by atoms with Crippen LogP contribution in [0.3, 0.4) is 0 Å². The van der Waals surface area contributed by atoms with E-state index in [-0.39, 0.29) is 5.57 Å². The number of carbonyl (C=O) groups is 1. The highest BCUT2D eigenvalue weighted by atomic mass is 16.8. The maximum absolute atomic E-state index is 10.4. The van der Waals surface area contributed by atoms with E-state index in [9.17, 15) is 4.79 Å². The van der Waals surface area contributed by atoms with Crippen LogP contribution in [0.5, 0.6) is 0 Å². The molecule has 0 rings (SSSR count). The quantitative estimate of drug-likeness (QED) is 0.271. The molecular weight excluding hydrogens is 168 g/mol. The van der Waals surface area contributed by atoms with Crippen LogP contribution < -0.4 is 5.32 Å². The van der Waals surface area contributed by atoms with Gasteiger partial charge < -0.3 is 15.5 Å². The number of nitrogens with zero attached hydrogens (tertiary/aromatic N) is 1. The molecule has 7 nitrogen and oxygen atoms in total. The Kier molecular flexibility index (Phi) is 4.97. The van der Waals surface area contributed by atoms with Gasteiger partial charge in [-0.1, -0.05) is 5.23 Å². The lowest BCUT2D eigenvalue weighted by atomic mass is 10.3. The lowest BCUT2D eigenvalue weighted by Crippen LogP contribution is -2.32. The highest BCUT2D eigenvalue weighted by Crippen LogP contribution is 1.87. The van der Waals surface area contributed by atoms with Crippen molar-refractivity contribution in [3.8, 4) is 0 Å². The minimum absolute atomic E-state index is 0.144. The molecule has 0 bridgehead atoms. The molecule has 0 atom stereocenters. The molecule has 0 fully saturated rings. The lowest BCUT2D eigenvalue weighted by Gasteiger charge is -2.05.